The van der Waals surface area contributed by atoms with Crippen LogP contribution in [0.4, 0.5) is 0 Å². The zero-order chi connectivity index (χ0) is 38.8. The van der Waals surface area contributed by atoms with E-state index in [-0.39, 0.29) is 53.8 Å². The third-order valence-corrected chi connectivity index (χ3v) is 16.9. The van der Waals surface area contributed by atoms with Crippen LogP contribution in [0, 0.1) is 11.8 Å². The molecule has 12 atom stereocenters. The number of phenols is 2. The zero-order valence-electron chi connectivity index (χ0n) is 33.3. The van der Waals surface area contributed by atoms with Gasteiger partial charge in [0.2, 0.25) is 0 Å². The number of aliphatic hydroxyl groups excluding tert-OH is 1. The smallest absolute Gasteiger partial charge is 0.197 e. The molecule has 4 heterocycles. The quantitative estimate of drug-likeness (QED) is 0.257. The van der Waals surface area contributed by atoms with Gasteiger partial charge in [0.05, 0.1) is 63.3 Å². The maximum atomic E-state index is 12.8. The maximum Gasteiger partial charge on any atom is 0.197 e. The minimum absolute atomic E-state index is 0. The lowest BCUT2D eigenvalue weighted by molar-refractivity contribution is -0.951. The van der Waals surface area contributed by atoms with Crippen molar-refractivity contribution in [2.75, 3.05) is 46.9 Å². The van der Waals surface area contributed by atoms with Crippen LogP contribution in [0.2, 0.25) is 0 Å². The highest BCUT2D eigenvalue weighted by Gasteiger charge is 2.80. The summed E-state index contributed by atoms with van der Waals surface area (Å²) in [6, 6.07) is 7.36. The lowest BCUT2D eigenvalue weighted by Gasteiger charge is -2.67. The SMILES string of the molecule is C.CCCOC1C[C@@H](O)[C@@H]2Oc3c(O)ccc4c3[C@@]23CC[N+](C)(CC2CC2)[C@H](C4)[C@]13O.C[N+]1(CC2CC2)CC[C@]23c4c5ccc(O)c4O[C@H]2C(=O)C=C[C@@]3(O)[C@H]1C5.[Br-]. The van der Waals surface area contributed by atoms with E-state index >= 15 is 0 Å². The van der Waals surface area contributed by atoms with Crippen molar-refractivity contribution in [1.29, 1.82) is 0 Å². The third-order valence-electron chi connectivity index (χ3n) is 16.9. The van der Waals surface area contributed by atoms with Crippen molar-refractivity contribution < 1.29 is 70.5 Å². The van der Waals surface area contributed by atoms with Gasteiger partial charge in [-0.25, -0.2) is 0 Å². The van der Waals surface area contributed by atoms with Crippen LogP contribution >= 0.6 is 0 Å². The van der Waals surface area contributed by atoms with E-state index in [1.807, 2.05) is 12.1 Å². The molecule has 5 N–H and O–H groups in total. The maximum absolute atomic E-state index is 12.8. The average Bonchev–Trinajstić information content (AvgIpc) is 4.09. The molecule has 3 unspecified atom stereocenters. The third kappa shape index (κ3) is 4.97. The molecule has 58 heavy (non-hydrogen) atoms. The highest BCUT2D eigenvalue weighted by molar-refractivity contribution is 5.99. The molecule has 2 aromatic rings. The molecule has 2 aromatic carbocycles. The number of likely N-dealkylation sites (N-methyl/N-ethyl adjacent to an activating group) is 2. The molecule has 2 saturated heterocycles. The predicted octanol–water partition coefficient (Wildman–Crippen LogP) is 0.953. The van der Waals surface area contributed by atoms with E-state index in [0.717, 1.165) is 94.9 Å². The predicted molar refractivity (Wildman–Crippen MR) is 211 cm³/mol. The highest BCUT2D eigenvalue weighted by Crippen LogP contribution is 2.68. The van der Waals surface area contributed by atoms with Crippen LogP contribution in [-0.2, 0) is 33.2 Å². The molecule has 4 bridgehead atoms. The average molecular weight is 867 g/mol. The number of quaternary nitrogens is 2. The zero-order valence-corrected chi connectivity index (χ0v) is 34.9. The number of likely N-dealkylation sites (tertiary alicyclic amines) is 2. The van der Waals surface area contributed by atoms with E-state index in [4.69, 9.17) is 14.2 Å². The van der Waals surface area contributed by atoms with Gasteiger partial charge in [0.1, 0.15) is 23.8 Å². The molecular weight excluding hydrogens is 804 g/mol. The molecule has 12 rings (SSSR count). The van der Waals surface area contributed by atoms with Gasteiger partial charge in [-0.05, 0) is 67.5 Å². The first-order valence-electron chi connectivity index (χ1n) is 21.4. The van der Waals surface area contributed by atoms with E-state index < -0.39 is 46.4 Å². The number of carbonyl (C=O) groups is 1. The Bertz CT molecular complexity index is 2070. The number of nitrogens with zero attached hydrogens (tertiary/aromatic N) is 2. The fourth-order valence-electron chi connectivity index (χ4n) is 14.1. The van der Waals surface area contributed by atoms with Crippen molar-refractivity contribution in [3.63, 3.8) is 0 Å². The Hall–Kier alpha value is -2.71. The number of halogens is 1. The molecule has 3 saturated carbocycles. The van der Waals surface area contributed by atoms with Crippen LogP contribution in [0.1, 0.15) is 88.0 Å². The first kappa shape index (κ1) is 40.7. The van der Waals surface area contributed by atoms with Gasteiger partial charge in [-0.3, -0.25) is 4.79 Å². The number of carbonyl (C=O) groups excluding carboxylic acids is 1. The molecule has 5 fully saturated rings. The Kier molecular flexibility index (Phi) is 9.22. The Morgan fingerprint density at radius 2 is 1.38 bits per heavy atom. The number of hydrogen-bond donors (Lipinski definition) is 5. The fourth-order valence-corrected chi connectivity index (χ4v) is 14.1. The van der Waals surface area contributed by atoms with Gasteiger partial charge in [-0.15, -0.1) is 0 Å². The van der Waals surface area contributed by atoms with Crippen LogP contribution in [0.3, 0.4) is 0 Å². The van der Waals surface area contributed by atoms with Crippen molar-refractivity contribution in [2.24, 2.45) is 11.8 Å². The normalized spacial score (nSPS) is 43.7. The monoisotopic (exact) mass is 865 g/mol. The van der Waals surface area contributed by atoms with E-state index in [0.29, 0.717) is 30.9 Å². The van der Waals surface area contributed by atoms with Gasteiger partial charge in [-0.2, -0.15) is 0 Å². The van der Waals surface area contributed by atoms with Gasteiger partial charge in [0, 0.05) is 61.7 Å². The molecule has 0 radical (unpaired) electrons. The summed E-state index contributed by atoms with van der Waals surface area (Å²) in [6.07, 6.45) is 10.2. The van der Waals surface area contributed by atoms with Gasteiger partial charge in [-0.1, -0.05) is 26.5 Å². The molecule has 4 aliphatic heterocycles. The number of aromatic hydroxyl groups is 2. The number of ketones is 1. The summed E-state index contributed by atoms with van der Waals surface area (Å²) in [5, 5.41) is 56.9. The summed E-state index contributed by atoms with van der Waals surface area (Å²) < 4.78 is 20.3. The summed E-state index contributed by atoms with van der Waals surface area (Å²) in [4.78, 5) is 12.7. The van der Waals surface area contributed by atoms with Crippen molar-refractivity contribution in [3.8, 4) is 23.0 Å². The second-order valence-electron chi connectivity index (χ2n) is 20.0. The Morgan fingerprint density at radius 3 is 1.98 bits per heavy atom. The van der Waals surface area contributed by atoms with Gasteiger partial charge < -0.3 is 65.7 Å². The largest absolute Gasteiger partial charge is 1.00 e. The first-order valence-corrected chi connectivity index (χ1v) is 21.4. The molecule has 12 heteroatoms. The number of rotatable bonds is 7. The molecule has 0 aromatic heterocycles. The van der Waals surface area contributed by atoms with Crippen molar-refractivity contribution in [2.45, 2.75) is 137 Å². The fraction of sp³-hybridized carbons (Fsp3) is 0.674. The standard InChI is InChI=1S/C24H33NO5.C21H23NO4.CH4.BrH/c1-3-10-29-19-12-17(27)22-23-8-9-25(2,13-14-4-5-14)18(24(19,23)28)11-15-6-7-16(26)21(30-22)20(15)23;1-22(11-12-2-3-12)9-8-20-17-13-4-5-14(23)18(17)26-19(20)15(24)6-7-21(20,25)16(22)10-13;;/h6-7,14,17-19,22,27-28H,3-5,8-13H2,1-2H3;4-7,12,16,19,25H,2-3,8-11H2,1H3;1H4;1H/p+1/t17-,18-,19?,22+,23+,24+,25?;16-,19+,20+,21-,22?;;/m11../s1. The number of ether oxygens (including phenoxy) is 3. The van der Waals surface area contributed by atoms with Crippen LogP contribution in [0.25, 0.3) is 0 Å². The van der Waals surface area contributed by atoms with E-state index in [1.54, 1.807) is 18.2 Å². The molecule has 2 spiro atoms. The summed E-state index contributed by atoms with van der Waals surface area (Å²) >= 11 is 0. The van der Waals surface area contributed by atoms with Crippen molar-refractivity contribution >= 4 is 5.78 Å². The minimum Gasteiger partial charge on any atom is -1.00 e. The number of piperidine rings is 2. The minimum atomic E-state index is -1.12. The summed E-state index contributed by atoms with van der Waals surface area (Å²) in [5.74, 6) is 2.49. The second kappa shape index (κ2) is 13.1. The Morgan fingerprint density at radius 1 is 0.828 bits per heavy atom. The molecule has 10 aliphatic rings. The lowest BCUT2D eigenvalue weighted by Crippen LogP contribution is -3.00. The number of hydrogen-bond acceptors (Lipinski definition) is 9. The van der Waals surface area contributed by atoms with Gasteiger partial charge in [0.25, 0.3) is 0 Å². The van der Waals surface area contributed by atoms with E-state index in [1.165, 1.54) is 31.8 Å². The summed E-state index contributed by atoms with van der Waals surface area (Å²) in [7, 11) is 4.59. The highest BCUT2D eigenvalue weighted by atomic mass is 79.9. The van der Waals surface area contributed by atoms with Crippen molar-refractivity contribution in [3.05, 3.63) is 58.7 Å². The van der Waals surface area contributed by atoms with E-state index in [2.05, 4.69) is 21.0 Å². The summed E-state index contributed by atoms with van der Waals surface area (Å²) in [6.45, 7) is 6.71. The molecule has 0 amide bonds. The molecule has 6 aliphatic carbocycles. The van der Waals surface area contributed by atoms with Gasteiger partial charge >= 0.3 is 0 Å². The van der Waals surface area contributed by atoms with E-state index in [9.17, 15) is 30.3 Å². The Labute approximate surface area is 352 Å². The first-order chi connectivity index (χ1) is 26.7. The topological polar surface area (TPSA) is 146 Å². The summed E-state index contributed by atoms with van der Waals surface area (Å²) in [5.41, 5.74) is 0.383. The number of phenolic OH excluding ortho intramolecular Hbond substituents is 2. The lowest BCUT2D eigenvalue weighted by atomic mass is 9.47. The molecule has 316 valence electrons. The van der Waals surface area contributed by atoms with Crippen LogP contribution in [0.5, 0.6) is 23.0 Å². The number of aliphatic hydroxyl groups is 3. The molecule has 11 nitrogen and oxygen atoms in total. The van der Waals surface area contributed by atoms with Crippen LogP contribution in [-0.4, -0.2) is 135 Å². The second-order valence-corrected chi connectivity index (χ2v) is 20.0. The van der Waals surface area contributed by atoms with Crippen molar-refractivity contribution in [1.82, 2.24) is 0 Å². The van der Waals surface area contributed by atoms with Gasteiger partial charge in [0.15, 0.2) is 40.5 Å². The molecular formula is C46H62BrN2O9+. The van der Waals surface area contributed by atoms with Crippen LogP contribution < -0.4 is 26.5 Å². The van der Waals surface area contributed by atoms with Crippen LogP contribution in [0.15, 0.2) is 36.4 Å². The Balaban J connectivity index is 0.000000146. The number of benzene rings is 2.